The summed E-state index contributed by atoms with van der Waals surface area (Å²) in [5.41, 5.74) is 3.47. The first-order valence-corrected chi connectivity index (χ1v) is 11.1. The highest BCUT2D eigenvalue weighted by Gasteiger charge is 2.18. The predicted molar refractivity (Wildman–Crippen MR) is 123 cm³/mol. The Hall–Kier alpha value is -3.45. The fourth-order valence-corrected chi connectivity index (χ4v) is 4.41. The highest BCUT2D eigenvalue weighted by Crippen LogP contribution is 2.34. The van der Waals surface area contributed by atoms with Crippen molar-refractivity contribution in [3.05, 3.63) is 70.0 Å². The molecule has 1 atom stereocenters. The number of amides is 1. The zero-order valence-corrected chi connectivity index (χ0v) is 18.3. The molecule has 6 nitrogen and oxygen atoms in total. The van der Waals surface area contributed by atoms with Crippen LogP contribution in [0.25, 0.3) is 33.1 Å². The Morgan fingerprint density at radius 3 is 2.73 bits per heavy atom. The molecule has 1 aliphatic heterocycles. The normalized spacial score (nSPS) is 16.0. The molecule has 1 saturated heterocycles. The summed E-state index contributed by atoms with van der Waals surface area (Å²) in [7, 11) is 0. The Balaban J connectivity index is 1.43. The lowest BCUT2D eigenvalue weighted by Crippen LogP contribution is -2.32. The van der Waals surface area contributed by atoms with Crippen LogP contribution in [0.4, 0.5) is 4.39 Å². The van der Waals surface area contributed by atoms with Crippen molar-refractivity contribution in [3.63, 3.8) is 0 Å². The molecule has 2 aromatic carbocycles. The summed E-state index contributed by atoms with van der Waals surface area (Å²) in [6.07, 6.45) is 4.15. The van der Waals surface area contributed by atoms with Gasteiger partial charge < -0.3 is 18.9 Å². The van der Waals surface area contributed by atoms with Gasteiger partial charge in [-0.3, -0.25) is 4.79 Å². The number of hydrogen-bond acceptors (Lipinski definition) is 5. The third kappa shape index (κ3) is 4.28. The molecule has 1 unspecified atom stereocenters. The molecule has 1 aliphatic rings. The van der Waals surface area contributed by atoms with Crippen LogP contribution >= 0.6 is 0 Å². The van der Waals surface area contributed by atoms with Crippen LogP contribution in [-0.2, 0) is 16.0 Å². The van der Waals surface area contributed by atoms with Crippen molar-refractivity contribution in [3.8, 4) is 11.1 Å². The number of hydrogen-bond donors (Lipinski definition) is 1. The van der Waals surface area contributed by atoms with Gasteiger partial charge in [-0.1, -0.05) is 12.1 Å². The summed E-state index contributed by atoms with van der Waals surface area (Å²) in [6.45, 7) is 3.10. The van der Waals surface area contributed by atoms with E-state index in [4.69, 9.17) is 13.6 Å². The van der Waals surface area contributed by atoms with Gasteiger partial charge in [0.05, 0.1) is 12.4 Å². The van der Waals surface area contributed by atoms with Crippen molar-refractivity contribution in [2.75, 3.05) is 13.2 Å². The maximum Gasteiger partial charge on any atom is 0.339 e. The number of carbonyl (C=O) groups is 1. The van der Waals surface area contributed by atoms with Crippen LogP contribution < -0.4 is 10.9 Å². The van der Waals surface area contributed by atoms with Crippen LogP contribution in [0.2, 0.25) is 0 Å². The molecule has 5 rings (SSSR count). The summed E-state index contributed by atoms with van der Waals surface area (Å²) in [5.74, 6) is -0.424. The van der Waals surface area contributed by atoms with E-state index in [1.807, 2.05) is 13.0 Å². The summed E-state index contributed by atoms with van der Waals surface area (Å²) >= 11 is 0. The predicted octanol–water partition coefficient (Wildman–Crippen LogP) is 4.88. The van der Waals surface area contributed by atoms with Crippen LogP contribution in [0, 0.1) is 12.7 Å². The second-order valence-corrected chi connectivity index (χ2v) is 8.43. The molecule has 33 heavy (non-hydrogen) atoms. The van der Waals surface area contributed by atoms with Gasteiger partial charge in [-0.15, -0.1) is 0 Å². The minimum absolute atomic E-state index is 0.0779. The Bertz CT molecular complexity index is 1380. The monoisotopic (exact) mass is 449 g/mol. The zero-order valence-electron chi connectivity index (χ0n) is 18.3. The molecule has 0 bridgehead atoms. The van der Waals surface area contributed by atoms with E-state index in [1.165, 1.54) is 12.1 Å². The molecule has 2 aromatic heterocycles. The molecular formula is C26H24FNO5. The van der Waals surface area contributed by atoms with Crippen molar-refractivity contribution in [1.82, 2.24) is 5.32 Å². The first-order chi connectivity index (χ1) is 16.0. The molecule has 170 valence electrons. The number of furan rings is 1. The Labute approximate surface area is 189 Å². The van der Waals surface area contributed by atoms with Gasteiger partial charge in [0.1, 0.15) is 17.0 Å². The van der Waals surface area contributed by atoms with Gasteiger partial charge in [-0.2, -0.15) is 0 Å². The topological polar surface area (TPSA) is 81.7 Å². The molecule has 3 heterocycles. The maximum atomic E-state index is 13.3. The van der Waals surface area contributed by atoms with Crippen molar-refractivity contribution in [1.29, 1.82) is 0 Å². The lowest BCUT2D eigenvalue weighted by Gasteiger charge is -2.11. The van der Waals surface area contributed by atoms with Crippen LogP contribution in [0.15, 0.2) is 56.3 Å². The molecule has 7 heteroatoms. The fourth-order valence-electron chi connectivity index (χ4n) is 4.41. The molecular weight excluding hydrogens is 425 g/mol. The molecule has 0 spiro atoms. The number of aryl methyl sites for hydroxylation is 1. The number of rotatable bonds is 6. The second kappa shape index (κ2) is 8.83. The van der Waals surface area contributed by atoms with Gasteiger partial charge >= 0.3 is 5.63 Å². The summed E-state index contributed by atoms with van der Waals surface area (Å²) < 4.78 is 30.1. The minimum Gasteiger partial charge on any atom is -0.464 e. The molecule has 4 aromatic rings. The molecule has 0 aliphatic carbocycles. The summed E-state index contributed by atoms with van der Waals surface area (Å²) in [5, 5.41) is 4.50. The number of ether oxygens (including phenoxy) is 1. The molecule has 1 N–H and O–H groups in total. The first kappa shape index (κ1) is 21.4. The average molecular weight is 449 g/mol. The molecule has 0 radical (unpaired) electrons. The van der Waals surface area contributed by atoms with Gasteiger partial charge in [0.2, 0.25) is 5.91 Å². The third-order valence-electron chi connectivity index (χ3n) is 6.29. The van der Waals surface area contributed by atoms with Crippen molar-refractivity contribution in [2.45, 2.75) is 38.7 Å². The number of benzene rings is 2. The van der Waals surface area contributed by atoms with Crippen molar-refractivity contribution < 1.29 is 22.8 Å². The van der Waals surface area contributed by atoms with Gasteiger partial charge in [-0.25, -0.2) is 9.18 Å². The first-order valence-electron chi connectivity index (χ1n) is 11.1. The second-order valence-electron chi connectivity index (χ2n) is 8.43. The molecule has 1 amide bonds. The van der Waals surface area contributed by atoms with Crippen LogP contribution in [0.5, 0.6) is 0 Å². The Morgan fingerprint density at radius 2 is 1.97 bits per heavy atom. The van der Waals surface area contributed by atoms with Crippen molar-refractivity contribution >= 4 is 27.8 Å². The Morgan fingerprint density at radius 1 is 1.15 bits per heavy atom. The summed E-state index contributed by atoms with van der Waals surface area (Å²) in [6, 6.07) is 9.82. The van der Waals surface area contributed by atoms with E-state index in [0.717, 1.165) is 46.9 Å². The van der Waals surface area contributed by atoms with E-state index < -0.39 is 5.63 Å². The van der Waals surface area contributed by atoms with Crippen LogP contribution in [0.1, 0.15) is 30.4 Å². The standard InChI is InChI=1S/C26H24FNO5/c1-15-19(8-9-25(29)28-13-18-3-2-10-31-18)26(30)33-24-12-23-21(11-20(15)24)22(14-32-23)16-4-6-17(27)7-5-16/h4-7,11-12,14,18H,2-3,8-10,13H2,1H3,(H,28,29). The SMILES string of the molecule is Cc1c(CCC(=O)NCC2CCCO2)c(=O)oc2cc3occ(-c4ccc(F)cc4)c3cc12. The van der Waals surface area contributed by atoms with E-state index in [0.29, 0.717) is 23.3 Å². The number of nitrogens with one attached hydrogen (secondary N) is 1. The van der Waals surface area contributed by atoms with Gasteiger partial charge in [-0.05, 0) is 55.5 Å². The fraction of sp³-hybridized carbons (Fsp3) is 0.308. The highest BCUT2D eigenvalue weighted by molar-refractivity contribution is 6.02. The van der Waals surface area contributed by atoms with Gasteiger partial charge in [0, 0.05) is 47.5 Å². The van der Waals surface area contributed by atoms with E-state index in [-0.39, 0.29) is 30.7 Å². The number of halogens is 1. The lowest BCUT2D eigenvalue weighted by atomic mass is 9.99. The van der Waals surface area contributed by atoms with Crippen LogP contribution in [-0.4, -0.2) is 25.2 Å². The largest absolute Gasteiger partial charge is 0.464 e. The quantitative estimate of drug-likeness (QED) is 0.424. The minimum atomic E-state index is -0.448. The third-order valence-corrected chi connectivity index (χ3v) is 6.29. The van der Waals surface area contributed by atoms with Gasteiger partial charge in [0.15, 0.2) is 0 Å². The smallest absolute Gasteiger partial charge is 0.339 e. The van der Waals surface area contributed by atoms with E-state index in [1.54, 1.807) is 24.5 Å². The summed E-state index contributed by atoms with van der Waals surface area (Å²) in [4.78, 5) is 24.9. The van der Waals surface area contributed by atoms with Gasteiger partial charge in [0.25, 0.3) is 0 Å². The maximum absolute atomic E-state index is 13.3. The van der Waals surface area contributed by atoms with Crippen molar-refractivity contribution in [2.24, 2.45) is 0 Å². The zero-order chi connectivity index (χ0) is 22.9. The number of carbonyl (C=O) groups excluding carboxylic acids is 1. The Kier molecular flexibility index (Phi) is 5.72. The van der Waals surface area contributed by atoms with E-state index >= 15 is 0 Å². The molecule has 1 fully saturated rings. The van der Waals surface area contributed by atoms with Crippen LogP contribution in [0.3, 0.4) is 0 Å². The average Bonchev–Trinajstić information content (AvgIpc) is 3.47. The highest BCUT2D eigenvalue weighted by atomic mass is 19.1. The lowest BCUT2D eigenvalue weighted by molar-refractivity contribution is -0.121. The number of fused-ring (bicyclic) bond motifs is 2. The van der Waals surface area contributed by atoms with E-state index in [9.17, 15) is 14.0 Å². The van der Waals surface area contributed by atoms with E-state index in [2.05, 4.69) is 5.32 Å². The molecule has 0 saturated carbocycles.